The Balaban J connectivity index is 1.34. The molecule has 4 unspecified atom stereocenters. The molecule has 1 N–H and O–H groups in total. The molecule has 0 saturated heterocycles. The van der Waals surface area contributed by atoms with E-state index in [4.69, 9.17) is 4.42 Å². The first kappa shape index (κ1) is 18.6. The molecule has 0 aliphatic heterocycles. The Labute approximate surface area is 179 Å². The van der Waals surface area contributed by atoms with Gasteiger partial charge in [0.25, 0.3) is 5.91 Å². The summed E-state index contributed by atoms with van der Waals surface area (Å²) in [6.45, 7) is 0. The van der Waals surface area contributed by atoms with Crippen LogP contribution in [0.2, 0.25) is 0 Å². The van der Waals surface area contributed by atoms with Gasteiger partial charge in [-0.25, -0.2) is 4.98 Å². The third-order valence-corrected chi connectivity index (χ3v) is 7.55. The molecule has 3 aliphatic carbocycles. The zero-order valence-electron chi connectivity index (χ0n) is 17.2. The Kier molecular flexibility index (Phi) is 4.16. The van der Waals surface area contributed by atoms with Gasteiger partial charge in [0.1, 0.15) is 5.69 Å². The van der Waals surface area contributed by atoms with Crippen LogP contribution in [0.3, 0.4) is 0 Å². The fourth-order valence-corrected chi connectivity index (χ4v) is 6.42. The molecular formula is C23H24N6O2. The molecule has 8 nitrogen and oxygen atoms in total. The molecule has 8 heteroatoms. The van der Waals surface area contributed by atoms with Gasteiger partial charge in [-0.1, -0.05) is 12.8 Å². The fraction of sp³-hybridized carbons (Fsp3) is 0.478. The zero-order chi connectivity index (χ0) is 20.9. The smallest absolute Gasteiger partial charge is 0.271 e. The maximum Gasteiger partial charge on any atom is 0.271 e. The minimum absolute atomic E-state index is 0.143. The number of carbonyl (C=O) groups is 1. The van der Waals surface area contributed by atoms with Gasteiger partial charge in [0, 0.05) is 30.3 Å². The van der Waals surface area contributed by atoms with Gasteiger partial charge in [-0.15, -0.1) is 10.2 Å². The topological polar surface area (TPSA) is 107 Å². The summed E-state index contributed by atoms with van der Waals surface area (Å²) in [7, 11) is 0. The standard InChI is InChI=1S/C23H24N6O2/c30-19(18-13-25-7-8-26-18)27-23-5-1-3-15-9-17(23)11-22(10-15,14-23)21-29-28-20(31-21)16-4-2-6-24-12-16/h2,4,6-8,12-13,15,17H,1,3,5,9-11,14H2,(H,27,30). The number of carbonyl (C=O) groups excluding carboxylic acids is 1. The Bertz CT molecular complexity index is 1100. The Hall–Kier alpha value is -3.16. The Morgan fingerprint density at radius 1 is 1.13 bits per heavy atom. The third-order valence-electron chi connectivity index (χ3n) is 7.55. The van der Waals surface area contributed by atoms with Crippen molar-refractivity contribution in [1.82, 2.24) is 30.5 Å². The highest BCUT2D eigenvalue weighted by molar-refractivity contribution is 5.92. The van der Waals surface area contributed by atoms with E-state index in [1.165, 1.54) is 12.6 Å². The SMILES string of the molecule is O=C(NC12CCCC3CC1CC(c1nnc(-c4cccnc4)o1)(C3)C2)c1cnccn1. The van der Waals surface area contributed by atoms with E-state index in [9.17, 15) is 4.79 Å². The van der Waals surface area contributed by atoms with E-state index >= 15 is 0 Å². The van der Waals surface area contributed by atoms with E-state index < -0.39 is 0 Å². The van der Waals surface area contributed by atoms with Gasteiger partial charge in [0.05, 0.1) is 17.2 Å². The highest BCUT2D eigenvalue weighted by Gasteiger charge is 2.62. The average molecular weight is 416 g/mol. The lowest BCUT2D eigenvalue weighted by atomic mass is 9.69. The summed E-state index contributed by atoms with van der Waals surface area (Å²) in [4.78, 5) is 25.5. The highest BCUT2D eigenvalue weighted by Crippen LogP contribution is 2.62. The molecule has 4 atom stereocenters. The van der Waals surface area contributed by atoms with Crippen molar-refractivity contribution in [3.8, 4) is 11.5 Å². The van der Waals surface area contributed by atoms with Gasteiger partial charge in [-0.3, -0.25) is 14.8 Å². The first-order valence-electron chi connectivity index (χ1n) is 11.0. The van der Waals surface area contributed by atoms with Crippen LogP contribution in [0.15, 0.2) is 47.5 Å². The molecule has 0 radical (unpaired) electrons. The number of aromatic nitrogens is 5. The number of nitrogens with one attached hydrogen (secondary N) is 1. The third kappa shape index (κ3) is 3.04. The number of hydrogen-bond donors (Lipinski definition) is 1. The predicted octanol–water partition coefficient (Wildman–Crippen LogP) is 3.33. The fourth-order valence-electron chi connectivity index (χ4n) is 6.42. The van der Waals surface area contributed by atoms with Gasteiger partial charge in [0.2, 0.25) is 11.8 Å². The molecule has 0 spiro atoms. The van der Waals surface area contributed by atoms with E-state index in [2.05, 4.69) is 30.5 Å². The van der Waals surface area contributed by atoms with Gasteiger partial charge in [-0.05, 0) is 56.1 Å². The minimum atomic E-state index is -0.261. The Morgan fingerprint density at radius 2 is 2.06 bits per heavy atom. The molecule has 3 fully saturated rings. The maximum atomic E-state index is 13.0. The molecule has 158 valence electrons. The van der Waals surface area contributed by atoms with Gasteiger partial charge < -0.3 is 9.73 Å². The molecule has 3 heterocycles. The van der Waals surface area contributed by atoms with Crippen LogP contribution in [0.5, 0.6) is 0 Å². The van der Waals surface area contributed by atoms with Crippen LogP contribution in [0.1, 0.15) is 61.3 Å². The van der Waals surface area contributed by atoms with Crippen molar-refractivity contribution in [2.24, 2.45) is 11.8 Å². The average Bonchev–Trinajstić information content (AvgIpc) is 3.35. The first-order chi connectivity index (χ1) is 15.2. The summed E-state index contributed by atoms with van der Waals surface area (Å²) in [5.41, 5.74) is 0.749. The van der Waals surface area contributed by atoms with E-state index in [-0.39, 0.29) is 16.9 Å². The summed E-state index contributed by atoms with van der Waals surface area (Å²) in [6.07, 6.45) is 15.4. The van der Waals surface area contributed by atoms with Crippen LogP contribution in [0.25, 0.3) is 11.5 Å². The number of pyridine rings is 1. The van der Waals surface area contributed by atoms with Crippen LogP contribution >= 0.6 is 0 Å². The van der Waals surface area contributed by atoms with Crippen molar-refractivity contribution in [3.05, 3.63) is 54.7 Å². The quantitative estimate of drug-likeness (QED) is 0.695. The van der Waals surface area contributed by atoms with E-state index in [1.54, 1.807) is 24.8 Å². The van der Waals surface area contributed by atoms with Crippen LogP contribution < -0.4 is 5.32 Å². The van der Waals surface area contributed by atoms with E-state index in [1.807, 2.05) is 12.1 Å². The largest absolute Gasteiger partial charge is 0.420 e. The second-order valence-corrected chi connectivity index (χ2v) is 9.41. The van der Waals surface area contributed by atoms with E-state index in [0.29, 0.717) is 29.3 Å². The van der Waals surface area contributed by atoms with Gasteiger partial charge >= 0.3 is 0 Å². The number of fused-ring (bicyclic) bond motifs is 2. The molecule has 31 heavy (non-hydrogen) atoms. The molecule has 3 aliphatic rings. The van der Waals surface area contributed by atoms with Gasteiger partial charge in [-0.2, -0.15) is 0 Å². The van der Waals surface area contributed by atoms with E-state index in [0.717, 1.165) is 44.1 Å². The van der Waals surface area contributed by atoms with Crippen LogP contribution in [0.4, 0.5) is 0 Å². The first-order valence-corrected chi connectivity index (χ1v) is 11.0. The lowest BCUT2D eigenvalue weighted by molar-refractivity contribution is 0.0855. The van der Waals surface area contributed by atoms with Crippen molar-refractivity contribution in [1.29, 1.82) is 0 Å². The molecule has 6 rings (SSSR count). The number of amides is 1. The summed E-state index contributed by atoms with van der Waals surface area (Å²) in [5.74, 6) is 2.11. The van der Waals surface area contributed by atoms with Crippen molar-refractivity contribution in [2.75, 3.05) is 0 Å². The normalized spacial score (nSPS) is 31.4. The van der Waals surface area contributed by atoms with Crippen molar-refractivity contribution >= 4 is 5.91 Å². The number of rotatable bonds is 4. The minimum Gasteiger partial charge on any atom is -0.420 e. The highest BCUT2D eigenvalue weighted by atomic mass is 16.4. The molecule has 0 aromatic carbocycles. The molecule has 3 bridgehead atoms. The maximum absolute atomic E-state index is 13.0. The van der Waals surface area contributed by atoms with Crippen LogP contribution in [0, 0.1) is 11.8 Å². The molecule has 3 aromatic heterocycles. The van der Waals surface area contributed by atoms with Crippen LogP contribution in [-0.4, -0.2) is 36.6 Å². The molecular weight excluding hydrogens is 392 g/mol. The summed E-state index contributed by atoms with van der Waals surface area (Å²) in [5, 5.41) is 12.2. The zero-order valence-corrected chi connectivity index (χ0v) is 17.2. The molecule has 3 saturated carbocycles. The number of hydrogen-bond acceptors (Lipinski definition) is 7. The molecule has 3 aromatic rings. The second kappa shape index (κ2) is 6.93. The summed E-state index contributed by atoms with van der Waals surface area (Å²) >= 11 is 0. The lowest BCUT2D eigenvalue weighted by Crippen LogP contribution is -2.51. The predicted molar refractivity (Wildman–Crippen MR) is 111 cm³/mol. The monoisotopic (exact) mass is 416 g/mol. The Morgan fingerprint density at radius 3 is 2.90 bits per heavy atom. The summed E-state index contributed by atoms with van der Waals surface area (Å²) in [6, 6.07) is 3.79. The van der Waals surface area contributed by atoms with Gasteiger partial charge in [0.15, 0.2) is 0 Å². The van der Waals surface area contributed by atoms with Crippen LogP contribution in [-0.2, 0) is 5.41 Å². The van der Waals surface area contributed by atoms with Crippen molar-refractivity contribution < 1.29 is 9.21 Å². The summed E-state index contributed by atoms with van der Waals surface area (Å²) < 4.78 is 6.23. The van der Waals surface area contributed by atoms with Crippen molar-refractivity contribution in [2.45, 2.75) is 55.9 Å². The molecule has 1 amide bonds. The lowest BCUT2D eigenvalue weighted by Gasteiger charge is -2.35. The second-order valence-electron chi connectivity index (χ2n) is 9.41. The number of nitrogens with zero attached hydrogens (tertiary/aromatic N) is 5. The van der Waals surface area contributed by atoms with Crippen molar-refractivity contribution in [3.63, 3.8) is 0 Å².